The molecule has 1 fully saturated rings. The maximum Gasteiger partial charge on any atom is 0.252 e. The lowest BCUT2D eigenvalue weighted by Gasteiger charge is -2.27. The summed E-state index contributed by atoms with van der Waals surface area (Å²) in [5.41, 5.74) is 1.97. The average Bonchev–Trinajstić information content (AvgIpc) is 3.07. The SMILES string of the molecule is Cc1ccc(S(=O)(=O)N(Cc2cccnc2)C2CC(=O)N(c3ccc(I)cc3)C2=O)cc1. The zero-order valence-electron chi connectivity index (χ0n) is 17.2. The van der Waals surface area contributed by atoms with Gasteiger partial charge in [0.05, 0.1) is 17.0 Å². The van der Waals surface area contributed by atoms with Crippen LogP contribution in [0.25, 0.3) is 0 Å². The Morgan fingerprint density at radius 1 is 1.06 bits per heavy atom. The van der Waals surface area contributed by atoms with Crippen LogP contribution in [0.4, 0.5) is 5.69 Å². The van der Waals surface area contributed by atoms with Crippen molar-refractivity contribution < 1.29 is 18.0 Å². The van der Waals surface area contributed by atoms with Gasteiger partial charge >= 0.3 is 0 Å². The molecule has 4 rings (SSSR count). The van der Waals surface area contributed by atoms with Crippen LogP contribution in [0.1, 0.15) is 17.5 Å². The van der Waals surface area contributed by atoms with E-state index in [4.69, 9.17) is 0 Å². The van der Waals surface area contributed by atoms with Gasteiger partial charge in [-0.2, -0.15) is 4.31 Å². The van der Waals surface area contributed by atoms with Crippen LogP contribution in [0.15, 0.2) is 78.0 Å². The molecule has 1 saturated heterocycles. The Morgan fingerprint density at radius 3 is 2.38 bits per heavy atom. The number of benzene rings is 2. The van der Waals surface area contributed by atoms with Crippen molar-refractivity contribution in [3.63, 3.8) is 0 Å². The van der Waals surface area contributed by atoms with Crippen molar-refractivity contribution in [3.8, 4) is 0 Å². The highest BCUT2D eigenvalue weighted by Gasteiger charge is 2.47. The summed E-state index contributed by atoms with van der Waals surface area (Å²) in [4.78, 5) is 31.4. The maximum absolute atomic E-state index is 13.6. The van der Waals surface area contributed by atoms with Crippen LogP contribution >= 0.6 is 22.6 Å². The predicted octanol–water partition coefficient (Wildman–Crippen LogP) is 3.52. The number of aromatic nitrogens is 1. The quantitative estimate of drug-likeness (QED) is 0.340. The largest absolute Gasteiger partial charge is 0.274 e. The number of anilines is 1. The second-order valence-corrected chi connectivity index (χ2v) is 10.6. The zero-order chi connectivity index (χ0) is 22.9. The van der Waals surface area contributed by atoms with E-state index in [1.54, 1.807) is 60.9 Å². The third-order valence-electron chi connectivity index (χ3n) is 5.24. The molecule has 0 radical (unpaired) electrons. The number of carbonyl (C=O) groups is 2. The summed E-state index contributed by atoms with van der Waals surface area (Å²) < 4.78 is 29.3. The number of aryl methyl sites for hydroxylation is 1. The molecule has 0 N–H and O–H groups in total. The molecule has 32 heavy (non-hydrogen) atoms. The first-order valence-corrected chi connectivity index (χ1v) is 12.4. The third kappa shape index (κ3) is 4.45. The molecule has 1 aliphatic rings. The number of hydrogen-bond donors (Lipinski definition) is 0. The van der Waals surface area contributed by atoms with Gasteiger partial charge in [-0.05, 0) is 77.5 Å². The summed E-state index contributed by atoms with van der Waals surface area (Å²) >= 11 is 2.13. The topological polar surface area (TPSA) is 87.7 Å². The molecule has 2 amide bonds. The highest BCUT2D eigenvalue weighted by Crippen LogP contribution is 2.31. The fraction of sp³-hybridized carbons (Fsp3) is 0.174. The number of imide groups is 1. The van der Waals surface area contributed by atoms with E-state index in [9.17, 15) is 18.0 Å². The Morgan fingerprint density at radius 2 is 1.75 bits per heavy atom. The van der Waals surface area contributed by atoms with Crippen LogP contribution in [0, 0.1) is 10.5 Å². The molecule has 1 aliphatic heterocycles. The number of rotatable bonds is 6. The van der Waals surface area contributed by atoms with E-state index in [-0.39, 0.29) is 17.9 Å². The first-order chi connectivity index (χ1) is 15.3. The smallest absolute Gasteiger partial charge is 0.252 e. The lowest BCUT2D eigenvalue weighted by molar-refractivity contribution is -0.122. The Kier molecular flexibility index (Phi) is 6.40. The van der Waals surface area contributed by atoms with Crippen LogP contribution < -0.4 is 4.90 Å². The molecule has 164 valence electrons. The fourth-order valence-corrected chi connectivity index (χ4v) is 5.51. The Balaban J connectivity index is 1.74. The van der Waals surface area contributed by atoms with Gasteiger partial charge in [-0.15, -0.1) is 0 Å². The number of sulfonamides is 1. The number of amides is 2. The highest BCUT2D eigenvalue weighted by atomic mass is 127. The number of halogens is 1. The predicted molar refractivity (Wildman–Crippen MR) is 128 cm³/mol. The second-order valence-electron chi connectivity index (χ2n) is 7.49. The Bertz CT molecular complexity index is 1250. The van der Waals surface area contributed by atoms with E-state index < -0.39 is 27.9 Å². The third-order valence-corrected chi connectivity index (χ3v) is 7.83. The molecule has 1 aromatic heterocycles. The summed E-state index contributed by atoms with van der Waals surface area (Å²) in [6, 6.07) is 15.7. The molecular weight excluding hydrogens is 541 g/mol. The van der Waals surface area contributed by atoms with E-state index in [1.807, 2.05) is 6.92 Å². The van der Waals surface area contributed by atoms with E-state index in [0.717, 1.165) is 18.3 Å². The molecule has 7 nitrogen and oxygen atoms in total. The van der Waals surface area contributed by atoms with Gasteiger partial charge in [0.1, 0.15) is 6.04 Å². The Labute approximate surface area is 200 Å². The van der Waals surface area contributed by atoms with Gasteiger partial charge in [0, 0.05) is 22.5 Å². The molecule has 3 aromatic rings. The van der Waals surface area contributed by atoms with Crippen molar-refractivity contribution in [2.45, 2.75) is 30.8 Å². The van der Waals surface area contributed by atoms with Crippen molar-refractivity contribution in [1.29, 1.82) is 0 Å². The fourth-order valence-electron chi connectivity index (χ4n) is 3.58. The molecule has 0 spiro atoms. The summed E-state index contributed by atoms with van der Waals surface area (Å²) in [6.45, 7) is 1.79. The molecule has 2 heterocycles. The van der Waals surface area contributed by atoms with Crippen molar-refractivity contribution in [2.75, 3.05) is 4.90 Å². The monoisotopic (exact) mass is 561 g/mol. The van der Waals surface area contributed by atoms with Gasteiger partial charge in [-0.1, -0.05) is 23.8 Å². The summed E-state index contributed by atoms with van der Waals surface area (Å²) in [5.74, 6) is -0.993. The molecule has 2 aromatic carbocycles. The van der Waals surface area contributed by atoms with Crippen LogP contribution in [0.3, 0.4) is 0 Å². The molecule has 0 aliphatic carbocycles. The Hall–Kier alpha value is -2.63. The van der Waals surface area contributed by atoms with Gasteiger partial charge in [-0.3, -0.25) is 14.6 Å². The lowest BCUT2D eigenvalue weighted by Crippen LogP contribution is -2.45. The van der Waals surface area contributed by atoms with Crippen LogP contribution in [-0.2, 0) is 26.2 Å². The van der Waals surface area contributed by atoms with Gasteiger partial charge in [0.15, 0.2) is 0 Å². The molecule has 0 bridgehead atoms. The first-order valence-electron chi connectivity index (χ1n) is 9.87. The van der Waals surface area contributed by atoms with Gasteiger partial charge in [0.2, 0.25) is 15.9 Å². The molecule has 9 heteroatoms. The van der Waals surface area contributed by atoms with E-state index in [1.165, 1.54) is 12.1 Å². The standard InChI is InChI=1S/C23H20IN3O4S/c1-16-4-10-20(11-5-16)32(30,31)26(15-17-3-2-12-25-14-17)21-13-22(28)27(23(21)29)19-8-6-18(24)7-9-19/h2-12,14,21H,13,15H2,1H3. The molecular formula is C23H20IN3O4S. The van der Waals surface area contributed by atoms with E-state index in [0.29, 0.717) is 11.3 Å². The summed E-state index contributed by atoms with van der Waals surface area (Å²) in [6.07, 6.45) is 2.91. The van der Waals surface area contributed by atoms with Crippen LogP contribution in [-0.4, -0.2) is 35.6 Å². The minimum Gasteiger partial charge on any atom is -0.274 e. The number of nitrogens with zero attached hydrogens (tertiary/aromatic N) is 3. The van der Waals surface area contributed by atoms with Crippen molar-refractivity contribution in [1.82, 2.24) is 9.29 Å². The lowest BCUT2D eigenvalue weighted by atomic mass is 10.2. The minimum absolute atomic E-state index is 0.0694. The van der Waals surface area contributed by atoms with Crippen LogP contribution in [0.2, 0.25) is 0 Å². The second kappa shape index (κ2) is 9.08. The normalized spacial score (nSPS) is 16.7. The van der Waals surface area contributed by atoms with Gasteiger partial charge in [-0.25, -0.2) is 13.3 Å². The summed E-state index contributed by atoms with van der Waals surface area (Å²) in [5, 5.41) is 0. The zero-order valence-corrected chi connectivity index (χ0v) is 20.2. The number of carbonyl (C=O) groups excluding carboxylic acids is 2. The van der Waals surface area contributed by atoms with Gasteiger partial charge < -0.3 is 0 Å². The van der Waals surface area contributed by atoms with E-state index >= 15 is 0 Å². The molecule has 1 atom stereocenters. The van der Waals surface area contributed by atoms with Crippen molar-refractivity contribution >= 4 is 50.1 Å². The molecule has 1 unspecified atom stereocenters. The van der Waals surface area contributed by atoms with Gasteiger partial charge in [0.25, 0.3) is 5.91 Å². The van der Waals surface area contributed by atoms with Crippen molar-refractivity contribution in [3.05, 3.63) is 87.8 Å². The summed E-state index contributed by atoms with van der Waals surface area (Å²) in [7, 11) is -4.06. The number of pyridine rings is 1. The average molecular weight is 561 g/mol. The number of hydrogen-bond acceptors (Lipinski definition) is 5. The van der Waals surface area contributed by atoms with Crippen LogP contribution in [0.5, 0.6) is 0 Å². The minimum atomic E-state index is -4.06. The molecule has 0 saturated carbocycles. The maximum atomic E-state index is 13.6. The van der Waals surface area contributed by atoms with Crippen molar-refractivity contribution in [2.24, 2.45) is 0 Å². The first kappa shape index (κ1) is 22.6. The highest BCUT2D eigenvalue weighted by molar-refractivity contribution is 14.1. The van der Waals surface area contributed by atoms with E-state index in [2.05, 4.69) is 27.6 Å².